The molecule has 3 aromatic rings. The van der Waals surface area contributed by atoms with Crippen molar-refractivity contribution < 1.29 is 13.7 Å². The smallest absolute Gasteiger partial charge is 0.444 e. The molecule has 0 atom stereocenters. The van der Waals surface area contributed by atoms with Crippen LogP contribution in [0.5, 0.6) is 0 Å². The first kappa shape index (κ1) is 18.4. The van der Waals surface area contributed by atoms with Crippen molar-refractivity contribution in [1.29, 1.82) is 0 Å². The van der Waals surface area contributed by atoms with Crippen molar-refractivity contribution in [2.45, 2.75) is 39.9 Å². The van der Waals surface area contributed by atoms with Crippen LogP contribution in [0.15, 0.2) is 65.1 Å². The normalized spacial score (nSPS) is 11.3. The number of hydrogen-bond donors (Lipinski definition) is 0. The van der Waals surface area contributed by atoms with Crippen LogP contribution in [-0.2, 0) is 9.31 Å². The Morgan fingerprint density at radius 3 is 1.77 bits per heavy atom. The van der Waals surface area contributed by atoms with Crippen molar-refractivity contribution >= 4 is 12.8 Å². The van der Waals surface area contributed by atoms with Crippen LogP contribution in [0.3, 0.4) is 0 Å². The fourth-order valence-electron chi connectivity index (χ4n) is 2.65. The highest BCUT2D eigenvalue weighted by Gasteiger charge is 2.33. The number of hydrogen-bond acceptors (Lipinski definition) is 4. The van der Waals surface area contributed by atoms with E-state index in [1.807, 2.05) is 88.4 Å². The van der Waals surface area contributed by atoms with Crippen molar-refractivity contribution in [2.24, 2.45) is 0 Å². The molecule has 0 fully saturated rings. The second-order valence-electron chi connectivity index (χ2n) is 6.67. The van der Waals surface area contributed by atoms with Crippen molar-refractivity contribution in [3.8, 4) is 22.7 Å². The minimum atomic E-state index is -0.616. The fraction of sp³-hybridized carbons (Fsp3) is 0.286. The summed E-state index contributed by atoms with van der Waals surface area (Å²) < 4.78 is 18.2. The molecule has 1 aromatic heterocycles. The molecule has 0 aliphatic rings. The standard InChI is InChI=1S/C21H24BNO3/c1-15(2)25-22(26-16(3)4)20-19(17-11-7-5-8-12-17)23-21(24-20)18-13-9-6-10-14-18/h5-16H,1-4H3. The third-order valence-corrected chi connectivity index (χ3v) is 3.73. The molecule has 0 aliphatic carbocycles. The van der Waals surface area contributed by atoms with Crippen LogP contribution in [0.1, 0.15) is 27.7 Å². The van der Waals surface area contributed by atoms with Gasteiger partial charge in [-0.2, -0.15) is 0 Å². The van der Waals surface area contributed by atoms with E-state index >= 15 is 0 Å². The molecule has 1 heterocycles. The van der Waals surface area contributed by atoms with Gasteiger partial charge in [-0.1, -0.05) is 48.5 Å². The highest BCUT2D eigenvalue weighted by atomic mass is 16.6. The van der Waals surface area contributed by atoms with E-state index in [0.29, 0.717) is 11.6 Å². The lowest BCUT2D eigenvalue weighted by molar-refractivity contribution is 0.136. The van der Waals surface area contributed by atoms with E-state index in [1.165, 1.54) is 0 Å². The maximum atomic E-state index is 6.16. The number of aromatic nitrogens is 1. The maximum Gasteiger partial charge on any atom is 0.534 e. The molecule has 4 nitrogen and oxygen atoms in total. The molecule has 134 valence electrons. The van der Waals surface area contributed by atoms with Gasteiger partial charge in [0.25, 0.3) is 0 Å². The number of nitrogens with zero attached hydrogens (tertiary/aromatic N) is 1. The minimum absolute atomic E-state index is 0.00681. The zero-order chi connectivity index (χ0) is 18.5. The monoisotopic (exact) mass is 349 g/mol. The molecular formula is C21H24BNO3. The molecule has 0 aliphatic heterocycles. The average molecular weight is 349 g/mol. The van der Waals surface area contributed by atoms with Gasteiger partial charge in [-0.25, -0.2) is 4.98 Å². The predicted octanol–water partition coefficient (Wildman–Crippen LogP) is 4.55. The molecule has 0 unspecified atom stereocenters. The third kappa shape index (κ3) is 4.42. The Kier molecular flexibility index (Phi) is 5.91. The molecular weight excluding hydrogens is 325 g/mol. The van der Waals surface area contributed by atoms with Gasteiger partial charge in [0.2, 0.25) is 5.89 Å². The van der Waals surface area contributed by atoms with Gasteiger partial charge in [0.15, 0.2) is 5.66 Å². The van der Waals surface area contributed by atoms with Gasteiger partial charge in [0.1, 0.15) is 5.69 Å². The van der Waals surface area contributed by atoms with Crippen molar-refractivity contribution in [1.82, 2.24) is 4.98 Å². The molecule has 0 amide bonds. The largest absolute Gasteiger partial charge is 0.534 e. The molecule has 2 aromatic carbocycles. The maximum absolute atomic E-state index is 6.16. The zero-order valence-electron chi connectivity index (χ0n) is 15.7. The molecule has 5 heteroatoms. The molecule has 26 heavy (non-hydrogen) atoms. The Balaban J connectivity index is 2.10. The highest BCUT2D eigenvalue weighted by molar-refractivity contribution is 6.61. The summed E-state index contributed by atoms with van der Waals surface area (Å²) in [4.78, 5) is 4.76. The van der Waals surface area contributed by atoms with Gasteiger partial charge in [0, 0.05) is 23.3 Å². The summed E-state index contributed by atoms with van der Waals surface area (Å²) in [6, 6.07) is 19.8. The molecule has 0 radical (unpaired) electrons. The Morgan fingerprint density at radius 2 is 1.27 bits per heavy atom. The first-order valence-electron chi connectivity index (χ1n) is 8.97. The van der Waals surface area contributed by atoms with E-state index in [0.717, 1.165) is 16.8 Å². The quantitative estimate of drug-likeness (QED) is 0.587. The molecule has 0 saturated carbocycles. The van der Waals surface area contributed by atoms with Crippen LogP contribution in [-0.4, -0.2) is 24.3 Å². The van der Waals surface area contributed by atoms with Gasteiger partial charge in [-0.15, -0.1) is 0 Å². The van der Waals surface area contributed by atoms with E-state index in [9.17, 15) is 0 Å². The second kappa shape index (κ2) is 8.34. The first-order valence-corrected chi connectivity index (χ1v) is 8.97. The van der Waals surface area contributed by atoms with Crippen LogP contribution in [0.4, 0.5) is 0 Å². The van der Waals surface area contributed by atoms with Crippen molar-refractivity contribution in [2.75, 3.05) is 0 Å². The highest BCUT2D eigenvalue weighted by Crippen LogP contribution is 2.24. The second-order valence-corrected chi connectivity index (χ2v) is 6.67. The topological polar surface area (TPSA) is 44.5 Å². The summed E-state index contributed by atoms with van der Waals surface area (Å²) in [5, 5.41) is 0. The van der Waals surface area contributed by atoms with Gasteiger partial charge in [0.05, 0.1) is 0 Å². The van der Waals surface area contributed by atoms with E-state index in [4.69, 9.17) is 18.7 Å². The summed E-state index contributed by atoms with van der Waals surface area (Å²) >= 11 is 0. The van der Waals surface area contributed by atoms with Gasteiger partial charge < -0.3 is 13.7 Å². The van der Waals surface area contributed by atoms with E-state index in [-0.39, 0.29) is 12.2 Å². The fourth-order valence-corrected chi connectivity index (χ4v) is 2.65. The van der Waals surface area contributed by atoms with E-state index < -0.39 is 7.12 Å². The summed E-state index contributed by atoms with van der Waals surface area (Å²) in [5.74, 6) is 0.559. The van der Waals surface area contributed by atoms with Gasteiger partial charge >= 0.3 is 7.12 Å². The lowest BCUT2D eigenvalue weighted by Gasteiger charge is -2.18. The number of benzene rings is 2. The van der Waals surface area contributed by atoms with Crippen LogP contribution in [0.2, 0.25) is 0 Å². The van der Waals surface area contributed by atoms with Crippen molar-refractivity contribution in [3.63, 3.8) is 0 Å². The Hall–Kier alpha value is -2.37. The van der Waals surface area contributed by atoms with Crippen LogP contribution in [0, 0.1) is 0 Å². The third-order valence-electron chi connectivity index (χ3n) is 3.73. The van der Waals surface area contributed by atoms with Crippen LogP contribution in [0.25, 0.3) is 22.7 Å². The molecule has 0 saturated heterocycles. The Labute approximate surface area is 155 Å². The lowest BCUT2D eigenvalue weighted by atomic mass is 9.82. The summed E-state index contributed by atoms with van der Waals surface area (Å²) in [6.45, 7) is 7.92. The molecule has 3 rings (SSSR count). The molecule has 0 bridgehead atoms. The lowest BCUT2D eigenvalue weighted by Crippen LogP contribution is -2.41. The predicted molar refractivity (Wildman–Crippen MR) is 105 cm³/mol. The van der Waals surface area contributed by atoms with E-state index in [1.54, 1.807) is 0 Å². The van der Waals surface area contributed by atoms with Crippen molar-refractivity contribution in [3.05, 3.63) is 60.7 Å². The zero-order valence-corrected chi connectivity index (χ0v) is 15.7. The summed E-state index contributed by atoms with van der Waals surface area (Å²) in [7, 11) is -0.616. The Bertz CT molecular complexity index is 806. The first-order chi connectivity index (χ1) is 12.5. The minimum Gasteiger partial charge on any atom is -0.444 e. The Morgan fingerprint density at radius 1 is 0.769 bits per heavy atom. The average Bonchev–Trinajstić information content (AvgIpc) is 3.07. The molecule has 0 N–H and O–H groups in total. The van der Waals surface area contributed by atoms with E-state index in [2.05, 4.69) is 0 Å². The van der Waals surface area contributed by atoms with Gasteiger partial charge in [-0.05, 0) is 39.8 Å². The summed E-state index contributed by atoms with van der Waals surface area (Å²) in [5.41, 5.74) is 3.23. The van der Waals surface area contributed by atoms with Crippen LogP contribution >= 0.6 is 0 Å². The van der Waals surface area contributed by atoms with Crippen LogP contribution < -0.4 is 5.66 Å². The van der Waals surface area contributed by atoms with Gasteiger partial charge in [-0.3, -0.25) is 0 Å². The number of oxazole rings is 1. The molecule has 0 spiro atoms. The number of rotatable bonds is 7. The SMILES string of the molecule is CC(C)OB(OC(C)C)c1oc(-c2ccccc2)nc1-c1ccccc1. The summed E-state index contributed by atoms with van der Waals surface area (Å²) in [6.07, 6.45) is -0.0136.